The van der Waals surface area contributed by atoms with Gasteiger partial charge in [-0.05, 0) is 52.0 Å². The number of anilines is 2. The SMILES string of the molecule is Cc1nc(NC(=O)OC(C)(C)C)ccc1NC(=O)c1ccccc1. The third kappa shape index (κ3) is 5.08. The number of nitrogens with one attached hydrogen (secondary N) is 2. The Balaban J connectivity index is 2.04. The van der Waals surface area contributed by atoms with Gasteiger partial charge in [0.1, 0.15) is 11.4 Å². The van der Waals surface area contributed by atoms with Crippen LogP contribution in [0.2, 0.25) is 0 Å². The van der Waals surface area contributed by atoms with E-state index in [1.807, 2.05) is 6.07 Å². The fraction of sp³-hybridized carbons (Fsp3) is 0.278. The molecule has 1 aromatic carbocycles. The van der Waals surface area contributed by atoms with Gasteiger partial charge in [-0.3, -0.25) is 10.1 Å². The molecule has 0 aliphatic rings. The van der Waals surface area contributed by atoms with Crippen molar-refractivity contribution in [1.29, 1.82) is 0 Å². The topological polar surface area (TPSA) is 80.3 Å². The van der Waals surface area contributed by atoms with E-state index in [4.69, 9.17) is 4.74 Å². The van der Waals surface area contributed by atoms with Crippen LogP contribution in [0.25, 0.3) is 0 Å². The molecule has 1 aromatic heterocycles. The molecule has 0 spiro atoms. The van der Waals surface area contributed by atoms with Gasteiger partial charge in [0, 0.05) is 5.56 Å². The number of hydrogen-bond acceptors (Lipinski definition) is 4. The first kappa shape index (κ1) is 17.5. The van der Waals surface area contributed by atoms with Gasteiger partial charge in [0.15, 0.2) is 0 Å². The number of ether oxygens (including phenoxy) is 1. The number of amides is 2. The van der Waals surface area contributed by atoms with E-state index in [9.17, 15) is 9.59 Å². The van der Waals surface area contributed by atoms with Crippen molar-refractivity contribution < 1.29 is 14.3 Å². The van der Waals surface area contributed by atoms with Crippen molar-refractivity contribution in [3.05, 3.63) is 53.7 Å². The number of carbonyl (C=O) groups excluding carboxylic acids is 2. The largest absolute Gasteiger partial charge is 0.444 e. The summed E-state index contributed by atoms with van der Waals surface area (Å²) in [6.07, 6.45) is -0.574. The minimum absolute atomic E-state index is 0.214. The van der Waals surface area contributed by atoms with Gasteiger partial charge in [-0.1, -0.05) is 18.2 Å². The summed E-state index contributed by atoms with van der Waals surface area (Å²) < 4.78 is 5.17. The van der Waals surface area contributed by atoms with Crippen LogP contribution in [-0.2, 0) is 4.74 Å². The van der Waals surface area contributed by atoms with Gasteiger partial charge < -0.3 is 10.1 Å². The highest BCUT2D eigenvalue weighted by molar-refractivity contribution is 6.04. The third-order valence-electron chi connectivity index (χ3n) is 3.00. The molecule has 6 nitrogen and oxygen atoms in total. The van der Waals surface area contributed by atoms with E-state index in [-0.39, 0.29) is 5.91 Å². The van der Waals surface area contributed by atoms with Gasteiger partial charge in [-0.25, -0.2) is 9.78 Å². The van der Waals surface area contributed by atoms with Crippen molar-refractivity contribution in [3.63, 3.8) is 0 Å². The molecule has 0 unspecified atom stereocenters. The molecule has 2 aromatic rings. The van der Waals surface area contributed by atoms with Crippen molar-refractivity contribution >= 4 is 23.5 Å². The molecule has 126 valence electrons. The molecule has 0 aliphatic carbocycles. The molecule has 0 atom stereocenters. The summed E-state index contributed by atoms with van der Waals surface area (Å²) in [6, 6.07) is 12.2. The fourth-order valence-electron chi connectivity index (χ4n) is 1.95. The fourth-order valence-corrected chi connectivity index (χ4v) is 1.95. The number of pyridine rings is 1. The number of aryl methyl sites for hydroxylation is 1. The number of rotatable bonds is 3. The van der Waals surface area contributed by atoms with Crippen LogP contribution in [0.4, 0.5) is 16.3 Å². The maximum Gasteiger partial charge on any atom is 0.413 e. The molecule has 0 saturated carbocycles. The number of aromatic nitrogens is 1. The third-order valence-corrected chi connectivity index (χ3v) is 3.00. The van der Waals surface area contributed by atoms with Crippen molar-refractivity contribution in [2.75, 3.05) is 10.6 Å². The van der Waals surface area contributed by atoms with Crippen molar-refractivity contribution in [2.45, 2.75) is 33.3 Å². The zero-order valence-electron chi connectivity index (χ0n) is 14.2. The molecule has 24 heavy (non-hydrogen) atoms. The van der Waals surface area contributed by atoms with Crippen LogP contribution in [-0.4, -0.2) is 22.6 Å². The molecule has 0 aliphatic heterocycles. The lowest BCUT2D eigenvalue weighted by molar-refractivity contribution is 0.0635. The minimum Gasteiger partial charge on any atom is -0.444 e. The summed E-state index contributed by atoms with van der Waals surface area (Å²) in [5.41, 5.74) is 1.15. The molecule has 0 fully saturated rings. The van der Waals surface area contributed by atoms with Gasteiger partial charge in [-0.2, -0.15) is 0 Å². The Morgan fingerprint density at radius 2 is 1.67 bits per heavy atom. The minimum atomic E-state index is -0.581. The maximum atomic E-state index is 12.2. The molecule has 2 N–H and O–H groups in total. The lowest BCUT2D eigenvalue weighted by Crippen LogP contribution is -2.27. The van der Waals surface area contributed by atoms with Crippen LogP contribution in [0.5, 0.6) is 0 Å². The normalized spacial score (nSPS) is 10.8. The van der Waals surface area contributed by atoms with Crippen molar-refractivity contribution in [2.24, 2.45) is 0 Å². The first-order valence-electron chi connectivity index (χ1n) is 7.59. The Kier molecular flexibility index (Phi) is 5.18. The lowest BCUT2D eigenvalue weighted by Gasteiger charge is -2.19. The molecule has 2 rings (SSSR count). The quantitative estimate of drug-likeness (QED) is 0.893. The smallest absolute Gasteiger partial charge is 0.413 e. The zero-order chi connectivity index (χ0) is 17.7. The van der Waals surface area contributed by atoms with Gasteiger partial charge in [0.2, 0.25) is 0 Å². The van der Waals surface area contributed by atoms with E-state index in [0.29, 0.717) is 22.8 Å². The predicted octanol–water partition coefficient (Wildman–Crippen LogP) is 3.99. The predicted molar refractivity (Wildman–Crippen MR) is 93.2 cm³/mol. The van der Waals surface area contributed by atoms with E-state index in [0.717, 1.165) is 0 Å². The van der Waals surface area contributed by atoms with Gasteiger partial charge in [0.25, 0.3) is 5.91 Å². The highest BCUT2D eigenvalue weighted by Gasteiger charge is 2.17. The van der Waals surface area contributed by atoms with Crippen molar-refractivity contribution in [1.82, 2.24) is 4.98 Å². The lowest BCUT2D eigenvalue weighted by atomic mass is 10.2. The van der Waals surface area contributed by atoms with Crippen molar-refractivity contribution in [3.8, 4) is 0 Å². The highest BCUT2D eigenvalue weighted by Crippen LogP contribution is 2.17. The van der Waals surface area contributed by atoms with E-state index in [2.05, 4.69) is 15.6 Å². The summed E-state index contributed by atoms with van der Waals surface area (Å²) in [6.45, 7) is 7.11. The van der Waals surface area contributed by atoms with E-state index in [1.165, 1.54) is 0 Å². The second kappa shape index (κ2) is 7.12. The zero-order valence-corrected chi connectivity index (χ0v) is 14.2. The molecule has 0 radical (unpaired) electrons. The Hall–Kier alpha value is -2.89. The second-order valence-corrected chi connectivity index (χ2v) is 6.28. The van der Waals surface area contributed by atoms with Crippen LogP contribution in [0, 0.1) is 6.92 Å². The van der Waals surface area contributed by atoms with Crippen LogP contribution in [0.1, 0.15) is 36.8 Å². The Labute approximate surface area is 141 Å². The molecular weight excluding hydrogens is 306 g/mol. The van der Waals surface area contributed by atoms with Crippen LogP contribution < -0.4 is 10.6 Å². The molecular formula is C18H21N3O3. The average molecular weight is 327 g/mol. The maximum absolute atomic E-state index is 12.2. The van der Waals surface area contributed by atoms with Gasteiger partial charge in [-0.15, -0.1) is 0 Å². The Morgan fingerprint density at radius 1 is 1.00 bits per heavy atom. The number of carbonyl (C=O) groups is 2. The van der Waals surface area contributed by atoms with E-state index in [1.54, 1.807) is 64.1 Å². The molecule has 0 bridgehead atoms. The van der Waals surface area contributed by atoms with Crippen LogP contribution >= 0.6 is 0 Å². The summed E-state index contributed by atoms with van der Waals surface area (Å²) in [5.74, 6) is 0.146. The highest BCUT2D eigenvalue weighted by atomic mass is 16.6. The number of nitrogens with zero attached hydrogens (tertiary/aromatic N) is 1. The summed E-state index contributed by atoms with van der Waals surface area (Å²) >= 11 is 0. The Bertz CT molecular complexity index is 737. The Morgan fingerprint density at radius 3 is 2.25 bits per heavy atom. The summed E-state index contributed by atoms with van der Waals surface area (Å²) in [7, 11) is 0. The molecule has 0 saturated heterocycles. The van der Waals surface area contributed by atoms with Crippen LogP contribution in [0.15, 0.2) is 42.5 Å². The van der Waals surface area contributed by atoms with Gasteiger partial charge in [0.05, 0.1) is 11.4 Å². The molecule has 6 heteroatoms. The standard InChI is InChI=1S/C18H21N3O3/c1-12-14(20-16(22)13-8-6-5-7-9-13)10-11-15(19-12)21-17(23)24-18(2,3)4/h5-11H,1-4H3,(H,20,22)(H,19,21,23). The number of benzene rings is 1. The van der Waals surface area contributed by atoms with E-state index >= 15 is 0 Å². The molecule has 2 amide bonds. The number of hydrogen-bond donors (Lipinski definition) is 2. The first-order chi connectivity index (χ1) is 11.2. The molecule has 1 heterocycles. The summed E-state index contributed by atoms with van der Waals surface area (Å²) in [4.78, 5) is 28.2. The van der Waals surface area contributed by atoms with E-state index < -0.39 is 11.7 Å². The first-order valence-corrected chi connectivity index (χ1v) is 7.59. The van der Waals surface area contributed by atoms with Gasteiger partial charge >= 0.3 is 6.09 Å². The average Bonchev–Trinajstić information content (AvgIpc) is 2.49. The van der Waals surface area contributed by atoms with Crippen LogP contribution in [0.3, 0.4) is 0 Å². The second-order valence-electron chi connectivity index (χ2n) is 6.28. The monoisotopic (exact) mass is 327 g/mol. The summed E-state index contributed by atoms with van der Waals surface area (Å²) in [5, 5.41) is 5.37.